The minimum Gasteiger partial charge on any atom is -0.370 e. The molecule has 2 aromatic rings. The van der Waals surface area contributed by atoms with Crippen molar-refractivity contribution in [3.63, 3.8) is 0 Å². The van der Waals surface area contributed by atoms with E-state index in [4.69, 9.17) is 4.74 Å². The number of morpholine rings is 1. The fraction of sp³-hybridized carbons (Fsp3) is 0.250. The van der Waals surface area contributed by atoms with E-state index in [1.165, 1.54) is 17.0 Å². The molecule has 5 heteroatoms. The minimum atomic E-state index is -0.293. The molecule has 0 N–H and O–H groups in total. The van der Waals surface area contributed by atoms with Gasteiger partial charge in [-0.05, 0) is 47.7 Å². The second kappa shape index (κ2) is 8.32. The molecular formula is C20H20FNO2S. The molecule has 1 saturated heterocycles. The Hall–Kier alpha value is -2.11. The third-order valence-corrected chi connectivity index (χ3v) is 4.88. The summed E-state index contributed by atoms with van der Waals surface area (Å²) in [5, 5.41) is 0. The zero-order valence-electron chi connectivity index (χ0n) is 14.0. The van der Waals surface area contributed by atoms with Gasteiger partial charge in [-0.15, -0.1) is 11.8 Å². The van der Waals surface area contributed by atoms with E-state index in [2.05, 4.69) is 0 Å². The Morgan fingerprint density at radius 2 is 2.08 bits per heavy atom. The van der Waals surface area contributed by atoms with Gasteiger partial charge in [0.25, 0.3) is 0 Å². The Bertz CT molecular complexity index is 761. The van der Waals surface area contributed by atoms with E-state index >= 15 is 0 Å². The topological polar surface area (TPSA) is 29.5 Å². The van der Waals surface area contributed by atoms with Crippen LogP contribution in [0.3, 0.4) is 0 Å². The number of hydrogen-bond acceptors (Lipinski definition) is 3. The van der Waals surface area contributed by atoms with Crippen LogP contribution >= 0.6 is 11.8 Å². The van der Waals surface area contributed by atoms with Gasteiger partial charge in [-0.1, -0.05) is 24.3 Å². The Labute approximate surface area is 151 Å². The summed E-state index contributed by atoms with van der Waals surface area (Å²) in [6, 6.07) is 14.4. The van der Waals surface area contributed by atoms with Crippen LogP contribution in [0.4, 0.5) is 4.39 Å². The zero-order valence-corrected chi connectivity index (χ0v) is 14.8. The van der Waals surface area contributed by atoms with E-state index in [9.17, 15) is 9.18 Å². The molecule has 2 aromatic carbocycles. The fourth-order valence-electron chi connectivity index (χ4n) is 2.75. The van der Waals surface area contributed by atoms with E-state index in [0.717, 1.165) is 11.1 Å². The van der Waals surface area contributed by atoms with E-state index in [0.29, 0.717) is 19.7 Å². The Kier molecular flexibility index (Phi) is 5.89. The molecule has 0 radical (unpaired) electrons. The first kappa shape index (κ1) is 17.7. The van der Waals surface area contributed by atoms with E-state index in [-0.39, 0.29) is 17.8 Å². The maximum absolute atomic E-state index is 13.4. The number of benzene rings is 2. The summed E-state index contributed by atoms with van der Waals surface area (Å²) in [6.45, 7) is 1.42. The molecule has 3 rings (SSSR count). The third kappa shape index (κ3) is 4.71. The van der Waals surface area contributed by atoms with Crippen molar-refractivity contribution in [2.45, 2.75) is 11.0 Å². The van der Waals surface area contributed by atoms with Crippen molar-refractivity contribution in [1.82, 2.24) is 4.90 Å². The standard InChI is InChI=1S/C20H20FNO2S/c1-25-18-8-5-15(6-9-18)7-10-20(23)22-11-12-24-19(14-22)16-3-2-4-17(21)13-16/h2-10,13,19H,11-12,14H2,1H3/b10-7+. The smallest absolute Gasteiger partial charge is 0.246 e. The first-order chi connectivity index (χ1) is 12.2. The molecule has 130 valence electrons. The number of carbonyl (C=O) groups is 1. The second-order valence-corrected chi connectivity index (χ2v) is 6.68. The highest BCUT2D eigenvalue weighted by Gasteiger charge is 2.24. The summed E-state index contributed by atoms with van der Waals surface area (Å²) < 4.78 is 19.1. The Morgan fingerprint density at radius 3 is 2.80 bits per heavy atom. The number of hydrogen-bond donors (Lipinski definition) is 0. The van der Waals surface area contributed by atoms with Crippen LogP contribution in [0.2, 0.25) is 0 Å². The van der Waals surface area contributed by atoms with Crippen LogP contribution in [0.1, 0.15) is 17.2 Å². The largest absolute Gasteiger partial charge is 0.370 e. The van der Waals surface area contributed by atoms with Gasteiger partial charge in [0.1, 0.15) is 11.9 Å². The van der Waals surface area contributed by atoms with Crippen molar-refractivity contribution in [3.8, 4) is 0 Å². The summed E-state index contributed by atoms with van der Waals surface area (Å²) in [7, 11) is 0. The quantitative estimate of drug-likeness (QED) is 0.608. The van der Waals surface area contributed by atoms with Gasteiger partial charge >= 0.3 is 0 Å². The second-order valence-electron chi connectivity index (χ2n) is 5.81. The van der Waals surface area contributed by atoms with E-state index in [1.54, 1.807) is 28.8 Å². The van der Waals surface area contributed by atoms with Crippen molar-refractivity contribution in [2.75, 3.05) is 26.0 Å². The number of rotatable bonds is 4. The molecule has 1 unspecified atom stereocenters. The van der Waals surface area contributed by atoms with Gasteiger partial charge in [-0.2, -0.15) is 0 Å². The lowest BCUT2D eigenvalue weighted by Gasteiger charge is -2.32. The summed E-state index contributed by atoms with van der Waals surface area (Å²) in [4.78, 5) is 15.4. The van der Waals surface area contributed by atoms with Gasteiger partial charge in [0, 0.05) is 17.5 Å². The van der Waals surface area contributed by atoms with Crippen molar-refractivity contribution in [1.29, 1.82) is 0 Å². The molecule has 1 amide bonds. The van der Waals surface area contributed by atoms with Crippen LogP contribution in [-0.2, 0) is 9.53 Å². The monoisotopic (exact) mass is 357 g/mol. The minimum absolute atomic E-state index is 0.0568. The highest BCUT2D eigenvalue weighted by molar-refractivity contribution is 7.98. The molecule has 0 spiro atoms. The third-order valence-electron chi connectivity index (χ3n) is 4.13. The highest BCUT2D eigenvalue weighted by atomic mass is 32.2. The maximum Gasteiger partial charge on any atom is 0.246 e. The summed E-state index contributed by atoms with van der Waals surface area (Å²) in [6.07, 6.45) is 5.14. The first-order valence-corrected chi connectivity index (χ1v) is 9.36. The predicted octanol–water partition coefficient (Wildman–Crippen LogP) is 4.16. The molecule has 1 aliphatic rings. The SMILES string of the molecule is CSc1ccc(/C=C/C(=O)N2CCOC(c3cccc(F)c3)C2)cc1. The summed E-state index contributed by atoms with van der Waals surface area (Å²) >= 11 is 1.68. The normalized spacial score (nSPS) is 17.8. The molecule has 1 atom stereocenters. The van der Waals surface area contributed by atoms with Crippen LogP contribution < -0.4 is 0 Å². The van der Waals surface area contributed by atoms with Crippen LogP contribution in [0, 0.1) is 5.82 Å². The molecule has 3 nitrogen and oxygen atoms in total. The average Bonchev–Trinajstić information content (AvgIpc) is 2.66. The number of nitrogens with zero attached hydrogens (tertiary/aromatic N) is 1. The highest BCUT2D eigenvalue weighted by Crippen LogP contribution is 2.23. The van der Waals surface area contributed by atoms with Gasteiger partial charge < -0.3 is 9.64 Å². The molecule has 1 heterocycles. The predicted molar refractivity (Wildman–Crippen MR) is 98.9 cm³/mol. The van der Waals surface area contributed by atoms with Crippen molar-refractivity contribution in [3.05, 3.63) is 71.6 Å². The average molecular weight is 357 g/mol. The molecule has 1 aliphatic heterocycles. The first-order valence-electron chi connectivity index (χ1n) is 8.14. The molecule has 25 heavy (non-hydrogen) atoms. The van der Waals surface area contributed by atoms with Gasteiger partial charge in [0.15, 0.2) is 0 Å². The number of carbonyl (C=O) groups excluding carboxylic acids is 1. The van der Waals surface area contributed by atoms with Crippen molar-refractivity contribution in [2.24, 2.45) is 0 Å². The molecule has 1 fully saturated rings. The van der Waals surface area contributed by atoms with Gasteiger partial charge in [0.2, 0.25) is 5.91 Å². The number of thioether (sulfide) groups is 1. The molecule has 0 aliphatic carbocycles. The van der Waals surface area contributed by atoms with Gasteiger partial charge in [-0.3, -0.25) is 4.79 Å². The van der Waals surface area contributed by atoms with Gasteiger partial charge in [-0.25, -0.2) is 4.39 Å². The Morgan fingerprint density at radius 1 is 1.28 bits per heavy atom. The van der Waals surface area contributed by atoms with E-state index in [1.807, 2.05) is 42.7 Å². The number of ether oxygens (including phenoxy) is 1. The van der Waals surface area contributed by atoms with Crippen LogP contribution in [0.25, 0.3) is 6.08 Å². The van der Waals surface area contributed by atoms with Crippen molar-refractivity contribution < 1.29 is 13.9 Å². The fourth-order valence-corrected chi connectivity index (χ4v) is 3.15. The zero-order chi connectivity index (χ0) is 17.6. The lowest BCUT2D eigenvalue weighted by molar-refractivity contribution is -0.133. The van der Waals surface area contributed by atoms with Crippen LogP contribution in [-0.4, -0.2) is 36.8 Å². The van der Waals surface area contributed by atoms with Crippen LogP contribution in [0.5, 0.6) is 0 Å². The summed E-state index contributed by atoms with van der Waals surface area (Å²) in [5.41, 5.74) is 1.75. The lowest BCUT2D eigenvalue weighted by Crippen LogP contribution is -2.41. The number of halogens is 1. The van der Waals surface area contributed by atoms with Gasteiger partial charge in [0.05, 0.1) is 13.2 Å². The summed E-state index contributed by atoms with van der Waals surface area (Å²) in [5.74, 6) is -0.350. The molecule has 0 bridgehead atoms. The molecule has 0 aromatic heterocycles. The Balaban J connectivity index is 1.64. The van der Waals surface area contributed by atoms with Crippen LogP contribution in [0.15, 0.2) is 59.5 Å². The lowest BCUT2D eigenvalue weighted by atomic mass is 10.1. The molecular weight excluding hydrogens is 337 g/mol. The number of amides is 1. The van der Waals surface area contributed by atoms with E-state index < -0.39 is 0 Å². The maximum atomic E-state index is 13.4. The van der Waals surface area contributed by atoms with Crippen molar-refractivity contribution >= 4 is 23.7 Å². The molecule has 0 saturated carbocycles.